The van der Waals surface area contributed by atoms with E-state index >= 15 is 0 Å². The highest BCUT2D eigenvalue weighted by Gasteiger charge is 2.28. The molecule has 1 saturated carbocycles. The fraction of sp³-hybridized carbons (Fsp3) is 0.286. The number of benzene rings is 1. The molecule has 86 valence electrons. The summed E-state index contributed by atoms with van der Waals surface area (Å²) in [6, 6.07) is 9.85. The summed E-state index contributed by atoms with van der Waals surface area (Å²) in [5.41, 5.74) is 1.46. The fourth-order valence-corrected chi connectivity index (χ4v) is 2.10. The molecule has 1 aromatic carbocycles. The number of rotatable bonds is 2. The monoisotopic (exact) mass is 227 g/mol. The van der Waals surface area contributed by atoms with Crippen LogP contribution in [0.2, 0.25) is 0 Å². The van der Waals surface area contributed by atoms with Crippen LogP contribution < -0.4 is 0 Å². The first-order chi connectivity index (χ1) is 8.29. The van der Waals surface area contributed by atoms with Crippen LogP contribution >= 0.6 is 0 Å². The van der Waals surface area contributed by atoms with Gasteiger partial charge in [0.2, 0.25) is 0 Å². The molecule has 3 rings (SSSR count). The lowest BCUT2D eigenvalue weighted by Gasteiger charge is -2.07. The molecule has 0 bridgehead atoms. The van der Waals surface area contributed by atoms with Gasteiger partial charge in [-0.25, -0.2) is 9.78 Å². The Morgan fingerprint density at radius 1 is 1.35 bits per heavy atom. The SMILES string of the molecule is COC(=O)c1cc2ccccc2c(C2CC2)n1. The highest BCUT2D eigenvalue weighted by atomic mass is 16.5. The van der Waals surface area contributed by atoms with E-state index in [9.17, 15) is 4.79 Å². The molecule has 3 nitrogen and oxygen atoms in total. The standard InChI is InChI=1S/C14H13NO2/c1-17-14(16)12-8-10-4-2-3-5-11(10)13(15-12)9-6-7-9/h2-5,8-9H,6-7H2,1H3. The van der Waals surface area contributed by atoms with Crippen LogP contribution in [0, 0.1) is 0 Å². The van der Waals surface area contributed by atoms with Crippen molar-refractivity contribution in [2.24, 2.45) is 0 Å². The highest BCUT2D eigenvalue weighted by Crippen LogP contribution is 2.42. The van der Waals surface area contributed by atoms with Crippen molar-refractivity contribution in [3.05, 3.63) is 41.7 Å². The molecule has 0 N–H and O–H groups in total. The first-order valence-electron chi connectivity index (χ1n) is 5.77. The maximum absolute atomic E-state index is 11.6. The Kier molecular flexibility index (Phi) is 2.32. The van der Waals surface area contributed by atoms with Crippen LogP contribution in [-0.2, 0) is 4.74 Å². The summed E-state index contributed by atoms with van der Waals surface area (Å²) in [5.74, 6) is 0.155. The van der Waals surface area contributed by atoms with E-state index in [1.807, 2.05) is 18.2 Å². The molecule has 2 aromatic rings. The number of fused-ring (bicyclic) bond motifs is 1. The van der Waals surface area contributed by atoms with Gasteiger partial charge < -0.3 is 4.74 Å². The van der Waals surface area contributed by atoms with Gasteiger partial charge in [-0.1, -0.05) is 24.3 Å². The van der Waals surface area contributed by atoms with Crippen molar-refractivity contribution < 1.29 is 9.53 Å². The minimum absolute atomic E-state index is 0.363. The van der Waals surface area contributed by atoms with Gasteiger partial charge in [-0.05, 0) is 24.3 Å². The normalized spacial score (nSPS) is 14.9. The summed E-state index contributed by atoms with van der Waals surface area (Å²) in [6.45, 7) is 0. The molecule has 0 amide bonds. The molecule has 1 fully saturated rings. The molecule has 1 aliphatic rings. The van der Waals surface area contributed by atoms with Crippen LogP contribution in [-0.4, -0.2) is 18.1 Å². The van der Waals surface area contributed by atoms with E-state index in [4.69, 9.17) is 4.74 Å². The van der Waals surface area contributed by atoms with Gasteiger partial charge in [0, 0.05) is 11.3 Å². The molecule has 1 aliphatic carbocycles. The van der Waals surface area contributed by atoms with Gasteiger partial charge in [0.25, 0.3) is 0 Å². The highest BCUT2D eigenvalue weighted by molar-refractivity contribution is 5.94. The third-order valence-corrected chi connectivity index (χ3v) is 3.13. The van der Waals surface area contributed by atoms with E-state index in [0.29, 0.717) is 11.6 Å². The van der Waals surface area contributed by atoms with Gasteiger partial charge in [0.15, 0.2) is 0 Å². The number of esters is 1. The third kappa shape index (κ3) is 1.78. The van der Waals surface area contributed by atoms with Gasteiger partial charge in [-0.3, -0.25) is 0 Å². The van der Waals surface area contributed by atoms with Crippen molar-refractivity contribution in [1.82, 2.24) is 4.98 Å². The lowest BCUT2D eigenvalue weighted by Crippen LogP contribution is -2.06. The van der Waals surface area contributed by atoms with E-state index in [1.54, 1.807) is 6.07 Å². The number of ether oxygens (including phenoxy) is 1. The zero-order valence-corrected chi connectivity index (χ0v) is 9.64. The molecular formula is C14H13NO2. The van der Waals surface area contributed by atoms with Gasteiger partial charge in [-0.2, -0.15) is 0 Å². The number of aromatic nitrogens is 1. The van der Waals surface area contributed by atoms with Crippen LogP contribution in [0.1, 0.15) is 34.9 Å². The molecule has 0 atom stereocenters. The number of carbonyl (C=O) groups excluding carboxylic acids is 1. The van der Waals surface area contributed by atoms with Crippen LogP contribution in [0.15, 0.2) is 30.3 Å². The van der Waals surface area contributed by atoms with Crippen molar-refractivity contribution in [2.45, 2.75) is 18.8 Å². The van der Waals surface area contributed by atoms with E-state index in [1.165, 1.54) is 20.0 Å². The van der Waals surface area contributed by atoms with Crippen LogP contribution in [0.3, 0.4) is 0 Å². The lowest BCUT2D eigenvalue weighted by molar-refractivity contribution is 0.0594. The molecule has 0 saturated heterocycles. The van der Waals surface area contributed by atoms with Gasteiger partial charge in [-0.15, -0.1) is 0 Å². The average Bonchev–Trinajstić information content (AvgIpc) is 3.20. The summed E-state index contributed by atoms with van der Waals surface area (Å²) in [7, 11) is 1.38. The lowest BCUT2D eigenvalue weighted by atomic mass is 10.1. The largest absolute Gasteiger partial charge is 0.464 e. The summed E-state index contributed by atoms with van der Waals surface area (Å²) in [4.78, 5) is 16.0. The second kappa shape index (κ2) is 3.84. The average molecular weight is 227 g/mol. The van der Waals surface area contributed by atoms with Crippen molar-refractivity contribution in [3.63, 3.8) is 0 Å². The Balaban J connectivity index is 2.23. The zero-order chi connectivity index (χ0) is 11.8. The van der Waals surface area contributed by atoms with Crippen LogP contribution in [0.5, 0.6) is 0 Å². The van der Waals surface area contributed by atoms with Crippen molar-refractivity contribution in [2.75, 3.05) is 7.11 Å². The number of hydrogen-bond donors (Lipinski definition) is 0. The Hall–Kier alpha value is -1.90. The van der Waals surface area contributed by atoms with Gasteiger partial charge in [0.05, 0.1) is 12.8 Å². The predicted molar refractivity (Wildman–Crippen MR) is 65.1 cm³/mol. The quantitative estimate of drug-likeness (QED) is 0.740. The molecule has 0 unspecified atom stereocenters. The maximum atomic E-state index is 11.6. The van der Waals surface area contributed by atoms with Crippen LogP contribution in [0.25, 0.3) is 10.8 Å². The number of pyridine rings is 1. The smallest absolute Gasteiger partial charge is 0.356 e. The van der Waals surface area contributed by atoms with E-state index in [0.717, 1.165) is 16.5 Å². The molecule has 17 heavy (non-hydrogen) atoms. The predicted octanol–water partition coefficient (Wildman–Crippen LogP) is 2.90. The fourth-order valence-electron chi connectivity index (χ4n) is 2.10. The first-order valence-corrected chi connectivity index (χ1v) is 5.77. The van der Waals surface area contributed by atoms with Gasteiger partial charge in [0.1, 0.15) is 5.69 Å². The molecule has 1 heterocycles. The Morgan fingerprint density at radius 3 is 2.82 bits per heavy atom. The molecule has 1 aromatic heterocycles. The second-order valence-electron chi connectivity index (χ2n) is 4.38. The number of nitrogens with zero attached hydrogens (tertiary/aromatic N) is 1. The zero-order valence-electron chi connectivity index (χ0n) is 9.64. The van der Waals surface area contributed by atoms with E-state index < -0.39 is 0 Å². The van der Waals surface area contributed by atoms with Crippen molar-refractivity contribution >= 4 is 16.7 Å². The second-order valence-corrected chi connectivity index (χ2v) is 4.38. The molecule has 0 spiro atoms. The minimum atomic E-state index is -0.363. The van der Waals surface area contributed by atoms with Gasteiger partial charge >= 0.3 is 5.97 Å². The van der Waals surface area contributed by atoms with E-state index in [2.05, 4.69) is 11.1 Å². The summed E-state index contributed by atoms with van der Waals surface area (Å²) in [5, 5.41) is 2.22. The Bertz CT molecular complexity index is 588. The van der Waals surface area contributed by atoms with Crippen molar-refractivity contribution in [3.8, 4) is 0 Å². The topological polar surface area (TPSA) is 39.2 Å². The van der Waals surface area contributed by atoms with E-state index in [-0.39, 0.29) is 5.97 Å². The number of methoxy groups -OCH3 is 1. The van der Waals surface area contributed by atoms with Crippen molar-refractivity contribution in [1.29, 1.82) is 0 Å². The Morgan fingerprint density at radius 2 is 2.12 bits per heavy atom. The molecule has 0 aliphatic heterocycles. The third-order valence-electron chi connectivity index (χ3n) is 3.13. The number of carbonyl (C=O) groups is 1. The molecule has 0 radical (unpaired) electrons. The minimum Gasteiger partial charge on any atom is -0.464 e. The summed E-state index contributed by atoms with van der Waals surface area (Å²) < 4.78 is 4.74. The summed E-state index contributed by atoms with van der Waals surface area (Å²) >= 11 is 0. The maximum Gasteiger partial charge on any atom is 0.356 e. The molecular weight excluding hydrogens is 214 g/mol. The number of hydrogen-bond acceptors (Lipinski definition) is 3. The Labute approximate surface area is 99.4 Å². The molecule has 3 heteroatoms. The van der Waals surface area contributed by atoms with Crippen LogP contribution in [0.4, 0.5) is 0 Å². The summed E-state index contributed by atoms with van der Waals surface area (Å²) in [6.07, 6.45) is 2.34. The first kappa shape index (κ1) is 10.3.